The molecule has 3 aliphatic carbocycles. The van der Waals surface area contributed by atoms with Gasteiger partial charge in [0, 0.05) is 60.6 Å². The Morgan fingerprint density at radius 3 is 2.47 bits per heavy atom. The number of aromatic amines is 1. The number of rotatable bonds is 10. The zero-order chi connectivity index (χ0) is 25.7. The van der Waals surface area contributed by atoms with Gasteiger partial charge in [-0.05, 0) is 81.4 Å². The number of hydrogen-bond donors (Lipinski definition) is 3. The molecular formula is C30H39N7O. The van der Waals surface area contributed by atoms with Crippen molar-refractivity contribution < 1.29 is 4.79 Å². The molecule has 3 aromatic rings. The molecular weight excluding hydrogens is 474 g/mol. The first-order chi connectivity index (χ1) is 18.7. The van der Waals surface area contributed by atoms with E-state index in [0.29, 0.717) is 41.4 Å². The predicted molar refractivity (Wildman–Crippen MR) is 148 cm³/mol. The lowest BCUT2D eigenvalue weighted by molar-refractivity contribution is -0.121. The highest BCUT2D eigenvalue weighted by Crippen LogP contribution is 2.43. The standard InChI is InChI=1S/C30H39N7O/c38-25(18-21-15-23(16-21)26-7-3-4-13-31-26)17-20-8-10-24(11-9-20)33-30-32-14-12-28(35-30)34-29-19-27(36-37-29)22-5-1-2-6-22/h3-4,7,12-14,19-24H,1-2,5-6,8-11,15-18H2,(H3,32,33,34,35,36,37). The fraction of sp³-hybridized carbons (Fsp3) is 0.567. The van der Waals surface area contributed by atoms with Gasteiger partial charge in [0.05, 0.1) is 0 Å². The summed E-state index contributed by atoms with van der Waals surface area (Å²) in [5.41, 5.74) is 2.40. The van der Waals surface area contributed by atoms with Crippen molar-refractivity contribution in [3.63, 3.8) is 0 Å². The van der Waals surface area contributed by atoms with Gasteiger partial charge >= 0.3 is 0 Å². The molecule has 8 heteroatoms. The van der Waals surface area contributed by atoms with Crippen molar-refractivity contribution in [2.24, 2.45) is 11.8 Å². The van der Waals surface area contributed by atoms with E-state index in [1.165, 1.54) is 37.1 Å². The van der Waals surface area contributed by atoms with Gasteiger partial charge in [0.1, 0.15) is 11.6 Å². The number of carbonyl (C=O) groups excluding carboxylic acids is 1. The summed E-state index contributed by atoms with van der Waals surface area (Å²) in [7, 11) is 0. The highest BCUT2D eigenvalue weighted by Gasteiger charge is 2.33. The molecule has 0 unspecified atom stereocenters. The van der Waals surface area contributed by atoms with Gasteiger partial charge in [-0.2, -0.15) is 10.1 Å². The summed E-state index contributed by atoms with van der Waals surface area (Å²) in [6, 6.07) is 10.5. The predicted octanol–water partition coefficient (Wildman–Crippen LogP) is 6.51. The van der Waals surface area contributed by atoms with E-state index in [1.54, 1.807) is 6.20 Å². The van der Waals surface area contributed by atoms with Crippen LogP contribution >= 0.6 is 0 Å². The van der Waals surface area contributed by atoms with Gasteiger partial charge in [-0.3, -0.25) is 14.9 Å². The van der Waals surface area contributed by atoms with E-state index in [9.17, 15) is 4.79 Å². The van der Waals surface area contributed by atoms with Crippen LogP contribution in [0, 0.1) is 11.8 Å². The third-order valence-electron chi connectivity index (χ3n) is 8.86. The Morgan fingerprint density at radius 1 is 0.868 bits per heavy atom. The topological polar surface area (TPSA) is 108 Å². The first kappa shape index (κ1) is 25.0. The second-order valence-corrected chi connectivity index (χ2v) is 11.7. The maximum absolute atomic E-state index is 12.7. The van der Waals surface area contributed by atoms with Gasteiger partial charge in [-0.25, -0.2) is 4.98 Å². The summed E-state index contributed by atoms with van der Waals surface area (Å²) in [5, 5.41) is 14.5. The molecule has 0 spiro atoms. The highest BCUT2D eigenvalue weighted by molar-refractivity contribution is 5.79. The molecule has 0 amide bonds. The van der Waals surface area contributed by atoms with E-state index >= 15 is 0 Å². The number of pyridine rings is 1. The van der Waals surface area contributed by atoms with Crippen LogP contribution in [0.25, 0.3) is 0 Å². The van der Waals surface area contributed by atoms with Gasteiger partial charge in [0.15, 0.2) is 5.82 Å². The monoisotopic (exact) mass is 513 g/mol. The molecule has 0 saturated heterocycles. The van der Waals surface area contributed by atoms with Crippen LogP contribution in [0.2, 0.25) is 0 Å². The Morgan fingerprint density at radius 2 is 1.68 bits per heavy atom. The Kier molecular flexibility index (Phi) is 7.65. The van der Waals surface area contributed by atoms with Crippen LogP contribution in [0.15, 0.2) is 42.7 Å². The number of H-pyrrole nitrogens is 1. The zero-order valence-corrected chi connectivity index (χ0v) is 22.1. The van der Waals surface area contributed by atoms with Gasteiger partial charge in [-0.1, -0.05) is 18.9 Å². The smallest absolute Gasteiger partial charge is 0.224 e. The SMILES string of the molecule is O=C(CC1CCC(Nc2nccc(Nc3cc(C4CCCC4)[nH]n3)n2)CC1)CC1CC(c2ccccn2)C1. The Hall–Kier alpha value is -3.29. The molecule has 3 N–H and O–H groups in total. The molecule has 3 aliphatic rings. The summed E-state index contributed by atoms with van der Waals surface area (Å²) in [6.45, 7) is 0. The van der Waals surface area contributed by atoms with E-state index in [2.05, 4.69) is 54.0 Å². The largest absolute Gasteiger partial charge is 0.351 e. The van der Waals surface area contributed by atoms with E-state index in [4.69, 9.17) is 0 Å². The van der Waals surface area contributed by atoms with Crippen LogP contribution in [-0.2, 0) is 4.79 Å². The normalized spacial score (nSPS) is 25.6. The Bertz CT molecular complexity index is 1190. The Labute approximate surface area is 224 Å². The third kappa shape index (κ3) is 6.22. The van der Waals surface area contributed by atoms with E-state index in [1.807, 2.05) is 18.3 Å². The molecule has 3 fully saturated rings. The lowest BCUT2D eigenvalue weighted by Gasteiger charge is -2.35. The summed E-state index contributed by atoms with van der Waals surface area (Å²) < 4.78 is 0. The molecule has 0 atom stereocenters. The zero-order valence-electron chi connectivity index (χ0n) is 22.1. The minimum Gasteiger partial charge on any atom is -0.351 e. The second-order valence-electron chi connectivity index (χ2n) is 11.7. The van der Waals surface area contributed by atoms with Crippen molar-refractivity contribution in [3.8, 4) is 0 Å². The first-order valence-corrected chi connectivity index (χ1v) is 14.5. The van der Waals surface area contributed by atoms with Gasteiger partial charge < -0.3 is 10.6 Å². The number of ketones is 1. The number of aromatic nitrogens is 5. The fourth-order valence-corrected chi connectivity index (χ4v) is 6.66. The second kappa shape index (κ2) is 11.6. The van der Waals surface area contributed by atoms with Gasteiger partial charge in [-0.15, -0.1) is 0 Å². The maximum Gasteiger partial charge on any atom is 0.224 e. The summed E-state index contributed by atoms with van der Waals surface area (Å²) in [6.07, 6.45) is 16.7. The maximum atomic E-state index is 12.7. The molecule has 0 aliphatic heterocycles. The molecule has 3 heterocycles. The van der Waals surface area contributed by atoms with Crippen LogP contribution < -0.4 is 10.6 Å². The van der Waals surface area contributed by atoms with Crippen molar-refractivity contribution in [2.75, 3.05) is 10.6 Å². The van der Waals surface area contributed by atoms with Crippen LogP contribution in [0.3, 0.4) is 0 Å². The summed E-state index contributed by atoms with van der Waals surface area (Å²) in [4.78, 5) is 26.3. The molecule has 6 rings (SSSR count). The number of anilines is 3. The van der Waals surface area contributed by atoms with Crippen LogP contribution in [-0.4, -0.2) is 37.0 Å². The van der Waals surface area contributed by atoms with E-state index in [-0.39, 0.29) is 0 Å². The van der Waals surface area contributed by atoms with Crippen LogP contribution in [0.4, 0.5) is 17.6 Å². The molecule has 0 bridgehead atoms. The minimum atomic E-state index is 0.349. The molecule has 0 radical (unpaired) electrons. The lowest BCUT2D eigenvalue weighted by Crippen LogP contribution is -2.29. The van der Waals surface area contributed by atoms with E-state index in [0.717, 1.165) is 63.0 Å². The Balaban J connectivity index is 0.917. The van der Waals surface area contributed by atoms with Gasteiger partial charge in [0.2, 0.25) is 5.95 Å². The number of nitrogens with one attached hydrogen (secondary N) is 3. The van der Waals surface area contributed by atoms with Crippen molar-refractivity contribution in [1.29, 1.82) is 0 Å². The highest BCUT2D eigenvalue weighted by atomic mass is 16.1. The quantitative estimate of drug-likeness (QED) is 0.283. The van der Waals surface area contributed by atoms with Crippen molar-refractivity contribution >= 4 is 23.4 Å². The fourth-order valence-electron chi connectivity index (χ4n) is 6.66. The van der Waals surface area contributed by atoms with Gasteiger partial charge in [0.25, 0.3) is 0 Å². The lowest BCUT2D eigenvalue weighted by atomic mass is 9.70. The van der Waals surface area contributed by atoms with Crippen molar-refractivity contribution in [2.45, 2.75) is 94.9 Å². The van der Waals surface area contributed by atoms with Crippen molar-refractivity contribution in [1.82, 2.24) is 25.1 Å². The average Bonchev–Trinajstić information content (AvgIpc) is 3.60. The van der Waals surface area contributed by atoms with E-state index < -0.39 is 0 Å². The number of nitrogens with zero attached hydrogens (tertiary/aromatic N) is 4. The third-order valence-corrected chi connectivity index (χ3v) is 8.86. The number of Topliss-reactive ketones (excluding diaryl/α,β-unsaturated/α-hetero) is 1. The summed E-state index contributed by atoms with van der Waals surface area (Å²) >= 11 is 0. The van der Waals surface area contributed by atoms with Crippen LogP contribution in [0.5, 0.6) is 0 Å². The molecule has 8 nitrogen and oxygen atoms in total. The number of hydrogen-bond acceptors (Lipinski definition) is 7. The molecule has 0 aromatic carbocycles. The molecule has 3 saturated carbocycles. The minimum absolute atomic E-state index is 0.349. The van der Waals surface area contributed by atoms with Crippen LogP contribution in [0.1, 0.15) is 100 Å². The summed E-state index contributed by atoms with van der Waals surface area (Å²) in [5.74, 6) is 4.84. The van der Waals surface area contributed by atoms with Crippen molar-refractivity contribution in [3.05, 3.63) is 54.1 Å². The average molecular weight is 514 g/mol. The molecule has 38 heavy (non-hydrogen) atoms. The first-order valence-electron chi connectivity index (χ1n) is 14.5. The number of carbonyl (C=O) groups is 1. The molecule has 3 aromatic heterocycles. The molecule has 200 valence electrons.